The fraction of sp³-hybridized carbons (Fsp3) is 0.286. The summed E-state index contributed by atoms with van der Waals surface area (Å²) in [6.45, 7) is 1.90. The van der Waals surface area contributed by atoms with Crippen LogP contribution in [0.25, 0.3) is 0 Å². The molecular weight excluding hydrogens is 210 g/mol. The molecule has 0 aliphatic carbocycles. The highest BCUT2D eigenvalue weighted by Crippen LogP contribution is 2.20. The maximum Gasteiger partial charge on any atom is 0.355 e. The number of aryl methyl sites for hydroxylation is 1. The Hall–Kier alpha value is -0.770. The summed E-state index contributed by atoms with van der Waals surface area (Å²) < 4.78 is 5.30. The summed E-state index contributed by atoms with van der Waals surface area (Å²) in [5.74, 6) is -0.357. The Labute approximate surface area is 72.9 Å². The van der Waals surface area contributed by atoms with Gasteiger partial charge in [-0.1, -0.05) is 0 Å². The summed E-state index contributed by atoms with van der Waals surface area (Å²) in [5.41, 5.74) is 1.45. The van der Waals surface area contributed by atoms with Gasteiger partial charge in [-0.2, -0.15) is 0 Å². The van der Waals surface area contributed by atoms with Crippen LogP contribution in [-0.4, -0.2) is 18.1 Å². The van der Waals surface area contributed by atoms with E-state index in [0.717, 1.165) is 10.0 Å². The lowest BCUT2D eigenvalue weighted by Gasteiger charge is -1.95. The van der Waals surface area contributed by atoms with Crippen LogP contribution in [-0.2, 0) is 4.74 Å². The molecule has 0 saturated heterocycles. The number of ether oxygens (including phenoxy) is 1. The molecule has 0 aliphatic heterocycles. The van der Waals surface area contributed by atoms with E-state index in [9.17, 15) is 4.79 Å². The van der Waals surface area contributed by atoms with Crippen LogP contribution >= 0.6 is 15.9 Å². The Morgan fingerprint density at radius 1 is 1.73 bits per heavy atom. The SMILES string of the molecule is COC(=O)c1[nH]cc(C)c1Br. The Morgan fingerprint density at radius 3 is 2.73 bits per heavy atom. The number of nitrogens with one attached hydrogen (secondary N) is 1. The molecule has 1 heterocycles. The fourth-order valence-electron chi connectivity index (χ4n) is 0.755. The molecule has 11 heavy (non-hydrogen) atoms. The molecule has 0 fully saturated rings. The molecule has 1 aromatic rings. The van der Waals surface area contributed by atoms with Gasteiger partial charge in [0.1, 0.15) is 5.69 Å². The Morgan fingerprint density at radius 2 is 2.36 bits per heavy atom. The number of esters is 1. The third kappa shape index (κ3) is 1.45. The lowest BCUT2D eigenvalue weighted by Crippen LogP contribution is -2.01. The van der Waals surface area contributed by atoms with E-state index in [4.69, 9.17) is 0 Å². The average Bonchev–Trinajstić information content (AvgIpc) is 2.32. The van der Waals surface area contributed by atoms with Gasteiger partial charge in [-0.05, 0) is 28.4 Å². The molecule has 0 spiro atoms. The number of methoxy groups -OCH3 is 1. The normalized spacial score (nSPS) is 9.73. The van der Waals surface area contributed by atoms with Gasteiger partial charge in [-0.3, -0.25) is 0 Å². The summed E-state index contributed by atoms with van der Waals surface area (Å²) >= 11 is 3.26. The largest absolute Gasteiger partial charge is 0.464 e. The molecule has 60 valence electrons. The van der Waals surface area contributed by atoms with Gasteiger partial charge >= 0.3 is 5.97 Å². The van der Waals surface area contributed by atoms with Crippen molar-refractivity contribution >= 4 is 21.9 Å². The monoisotopic (exact) mass is 217 g/mol. The third-order valence-electron chi connectivity index (χ3n) is 1.39. The number of carbonyl (C=O) groups is 1. The van der Waals surface area contributed by atoms with E-state index in [1.54, 1.807) is 6.20 Å². The third-order valence-corrected chi connectivity index (χ3v) is 2.41. The topological polar surface area (TPSA) is 42.1 Å². The number of hydrogen-bond donors (Lipinski definition) is 1. The molecule has 4 heteroatoms. The molecule has 0 unspecified atom stereocenters. The molecule has 0 radical (unpaired) electrons. The van der Waals surface area contributed by atoms with Crippen LogP contribution in [0.2, 0.25) is 0 Å². The number of H-pyrrole nitrogens is 1. The maximum atomic E-state index is 11.0. The van der Waals surface area contributed by atoms with Gasteiger partial charge < -0.3 is 9.72 Å². The van der Waals surface area contributed by atoms with Gasteiger partial charge in [0.05, 0.1) is 11.6 Å². The first kappa shape index (κ1) is 8.33. The van der Waals surface area contributed by atoms with Gasteiger partial charge in [-0.15, -0.1) is 0 Å². The van der Waals surface area contributed by atoms with Crippen molar-refractivity contribution in [3.63, 3.8) is 0 Å². The molecule has 0 amide bonds. The van der Waals surface area contributed by atoms with Crippen LogP contribution in [0.1, 0.15) is 16.1 Å². The highest BCUT2D eigenvalue weighted by atomic mass is 79.9. The maximum absolute atomic E-state index is 11.0. The molecular formula is C7H8BrNO2. The first-order valence-corrected chi connectivity index (χ1v) is 3.88. The van der Waals surface area contributed by atoms with Crippen LogP contribution in [0.5, 0.6) is 0 Å². The van der Waals surface area contributed by atoms with Gasteiger partial charge in [0.2, 0.25) is 0 Å². The molecule has 3 nitrogen and oxygen atoms in total. The van der Waals surface area contributed by atoms with Crippen molar-refractivity contribution in [1.82, 2.24) is 4.98 Å². The van der Waals surface area contributed by atoms with Gasteiger partial charge in [-0.25, -0.2) is 4.79 Å². The van der Waals surface area contributed by atoms with Crippen molar-refractivity contribution in [2.45, 2.75) is 6.92 Å². The molecule has 1 aromatic heterocycles. The molecule has 0 aliphatic rings. The van der Waals surface area contributed by atoms with Crippen LogP contribution in [0.15, 0.2) is 10.7 Å². The van der Waals surface area contributed by atoms with Gasteiger partial charge in [0.25, 0.3) is 0 Å². The van der Waals surface area contributed by atoms with E-state index in [2.05, 4.69) is 25.7 Å². The zero-order valence-corrected chi connectivity index (χ0v) is 7.86. The van der Waals surface area contributed by atoms with E-state index in [1.807, 2.05) is 6.92 Å². The lowest BCUT2D eigenvalue weighted by molar-refractivity contribution is 0.0593. The molecule has 0 bridgehead atoms. The molecule has 0 saturated carbocycles. The number of halogens is 1. The molecule has 0 aromatic carbocycles. The summed E-state index contributed by atoms with van der Waals surface area (Å²) in [4.78, 5) is 13.8. The van der Waals surface area contributed by atoms with Crippen molar-refractivity contribution in [3.8, 4) is 0 Å². The number of aromatic nitrogens is 1. The summed E-state index contributed by atoms with van der Waals surface area (Å²) in [7, 11) is 1.35. The molecule has 0 atom stereocenters. The van der Waals surface area contributed by atoms with Gasteiger partial charge in [0.15, 0.2) is 0 Å². The van der Waals surface area contributed by atoms with Crippen molar-refractivity contribution < 1.29 is 9.53 Å². The Balaban J connectivity index is 3.04. The van der Waals surface area contributed by atoms with Crippen LogP contribution in [0.4, 0.5) is 0 Å². The minimum absolute atomic E-state index is 0.357. The highest BCUT2D eigenvalue weighted by Gasteiger charge is 2.12. The predicted molar refractivity (Wildman–Crippen MR) is 44.6 cm³/mol. The number of rotatable bonds is 1. The Kier molecular flexibility index (Phi) is 2.34. The average molecular weight is 218 g/mol. The molecule has 1 rings (SSSR count). The summed E-state index contributed by atoms with van der Waals surface area (Å²) in [6, 6.07) is 0. The summed E-state index contributed by atoms with van der Waals surface area (Å²) in [5, 5.41) is 0. The van der Waals surface area contributed by atoms with Crippen LogP contribution < -0.4 is 0 Å². The summed E-state index contributed by atoms with van der Waals surface area (Å²) in [6.07, 6.45) is 1.75. The number of aromatic amines is 1. The van der Waals surface area contributed by atoms with Crippen molar-refractivity contribution in [2.24, 2.45) is 0 Å². The van der Waals surface area contributed by atoms with E-state index >= 15 is 0 Å². The number of hydrogen-bond acceptors (Lipinski definition) is 2. The van der Waals surface area contributed by atoms with E-state index < -0.39 is 0 Å². The zero-order chi connectivity index (χ0) is 8.43. The highest BCUT2D eigenvalue weighted by molar-refractivity contribution is 9.10. The lowest BCUT2D eigenvalue weighted by atomic mass is 10.3. The van der Waals surface area contributed by atoms with Crippen molar-refractivity contribution in [2.75, 3.05) is 7.11 Å². The van der Waals surface area contributed by atoms with Crippen molar-refractivity contribution in [1.29, 1.82) is 0 Å². The second-order valence-electron chi connectivity index (χ2n) is 2.15. The van der Waals surface area contributed by atoms with Gasteiger partial charge in [0, 0.05) is 6.20 Å². The van der Waals surface area contributed by atoms with E-state index in [1.165, 1.54) is 7.11 Å². The van der Waals surface area contributed by atoms with Crippen LogP contribution in [0.3, 0.4) is 0 Å². The zero-order valence-electron chi connectivity index (χ0n) is 6.27. The van der Waals surface area contributed by atoms with Crippen LogP contribution in [0, 0.1) is 6.92 Å². The predicted octanol–water partition coefficient (Wildman–Crippen LogP) is 1.87. The van der Waals surface area contributed by atoms with E-state index in [0.29, 0.717) is 5.69 Å². The second kappa shape index (κ2) is 3.09. The van der Waals surface area contributed by atoms with E-state index in [-0.39, 0.29) is 5.97 Å². The first-order valence-electron chi connectivity index (χ1n) is 3.08. The Bertz CT molecular complexity index is 280. The fourth-order valence-corrected chi connectivity index (χ4v) is 1.15. The second-order valence-corrected chi connectivity index (χ2v) is 2.95. The minimum atomic E-state index is -0.357. The quantitative estimate of drug-likeness (QED) is 0.731. The smallest absolute Gasteiger partial charge is 0.355 e. The first-order chi connectivity index (χ1) is 5.16. The van der Waals surface area contributed by atoms with Crippen molar-refractivity contribution in [3.05, 3.63) is 21.9 Å². The minimum Gasteiger partial charge on any atom is -0.464 e. The number of carbonyl (C=O) groups excluding carboxylic acids is 1. The standard InChI is InChI=1S/C7H8BrNO2/c1-4-3-9-6(5(4)8)7(10)11-2/h3,9H,1-2H3. The molecule has 1 N–H and O–H groups in total.